The molecule has 0 unspecified atom stereocenters. The summed E-state index contributed by atoms with van der Waals surface area (Å²) in [5.74, 6) is 0.445. The number of benzene rings is 1. The Labute approximate surface area is 118 Å². The third-order valence-electron chi connectivity index (χ3n) is 2.59. The fourth-order valence-electron chi connectivity index (χ4n) is 1.79. The molecule has 0 amide bonds. The third kappa shape index (κ3) is 3.53. The molecule has 0 aliphatic rings. The highest BCUT2D eigenvalue weighted by Gasteiger charge is 2.31. The van der Waals surface area contributed by atoms with Gasteiger partial charge in [-0.3, -0.25) is 0 Å². The minimum absolute atomic E-state index is 0.327. The molecule has 0 saturated carbocycles. The van der Waals surface area contributed by atoms with Gasteiger partial charge < -0.3 is 14.8 Å². The zero-order chi connectivity index (χ0) is 15.5. The van der Waals surface area contributed by atoms with E-state index in [0.717, 1.165) is 0 Å². The molecular formula is C13H12F3N3O2. The fraction of sp³-hybridized carbons (Fsp3) is 0.231. The van der Waals surface area contributed by atoms with E-state index in [-0.39, 0.29) is 5.75 Å². The van der Waals surface area contributed by atoms with Crippen LogP contribution < -0.4 is 14.8 Å². The molecule has 1 N–H and O–H groups in total. The molecule has 5 nitrogen and oxygen atoms in total. The van der Waals surface area contributed by atoms with Gasteiger partial charge in [-0.15, -0.1) is 13.2 Å². The molecule has 2 aromatic rings. The SMILES string of the molecule is CNc1ncnc(-c2cccc(OC(F)(F)F)c2)c1OC. The second kappa shape index (κ2) is 5.86. The predicted octanol–water partition coefficient (Wildman–Crippen LogP) is 3.09. The normalized spacial score (nSPS) is 11.1. The van der Waals surface area contributed by atoms with Gasteiger partial charge in [0.2, 0.25) is 0 Å². The molecule has 1 aromatic carbocycles. The van der Waals surface area contributed by atoms with Crippen molar-refractivity contribution in [3.05, 3.63) is 30.6 Å². The first kappa shape index (κ1) is 14.9. The van der Waals surface area contributed by atoms with Crippen molar-refractivity contribution in [1.82, 2.24) is 9.97 Å². The summed E-state index contributed by atoms with van der Waals surface area (Å²) in [6.07, 6.45) is -3.45. The summed E-state index contributed by atoms with van der Waals surface area (Å²) in [5, 5.41) is 2.82. The van der Waals surface area contributed by atoms with Crippen molar-refractivity contribution in [2.45, 2.75) is 6.36 Å². The second-order valence-corrected chi connectivity index (χ2v) is 3.93. The van der Waals surface area contributed by atoms with Gasteiger partial charge in [-0.25, -0.2) is 9.97 Å². The van der Waals surface area contributed by atoms with Crippen LogP contribution in [0.25, 0.3) is 11.3 Å². The summed E-state index contributed by atoms with van der Waals surface area (Å²) in [4.78, 5) is 8.03. The minimum Gasteiger partial charge on any atom is -0.491 e. The van der Waals surface area contributed by atoms with Gasteiger partial charge in [0.15, 0.2) is 11.6 Å². The highest BCUT2D eigenvalue weighted by Crippen LogP contribution is 2.34. The van der Waals surface area contributed by atoms with E-state index < -0.39 is 6.36 Å². The summed E-state index contributed by atoms with van der Waals surface area (Å²) in [6.45, 7) is 0. The van der Waals surface area contributed by atoms with Crippen LogP contribution >= 0.6 is 0 Å². The number of aromatic nitrogens is 2. The summed E-state index contributed by atoms with van der Waals surface area (Å²) >= 11 is 0. The van der Waals surface area contributed by atoms with Crippen LogP contribution in [0.4, 0.5) is 19.0 Å². The fourth-order valence-corrected chi connectivity index (χ4v) is 1.79. The lowest BCUT2D eigenvalue weighted by molar-refractivity contribution is -0.274. The smallest absolute Gasteiger partial charge is 0.491 e. The van der Waals surface area contributed by atoms with Gasteiger partial charge in [0.25, 0.3) is 0 Å². The molecule has 0 aliphatic carbocycles. The van der Waals surface area contributed by atoms with Crippen LogP contribution in [0, 0.1) is 0 Å². The number of ether oxygens (including phenoxy) is 2. The van der Waals surface area contributed by atoms with Crippen molar-refractivity contribution < 1.29 is 22.6 Å². The lowest BCUT2D eigenvalue weighted by atomic mass is 10.1. The third-order valence-corrected chi connectivity index (χ3v) is 2.59. The number of anilines is 1. The first-order chi connectivity index (χ1) is 9.94. The van der Waals surface area contributed by atoms with E-state index in [0.29, 0.717) is 22.8 Å². The van der Waals surface area contributed by atoms with Crippen LogP contribution in [-0.2, 0) is 0 Å². The second-order valence-electron chi connectivity index (χ2n) is 3.93. The molecule has 21 heavy (non-hydrogen) atoms. The first-order valence-electron chi connectivity index (χ1n) is 5.87. The Kier molecular flexibility index (Phi) is 4.15. The molecule has 0 bridgehead atoms. The Morgan fingerprint density at radius 3 is 2.57 bits per heavy atom. The topological polar surface area (TPSA) is 56.3 Å². The molecule has 0 radical (unpaired) electrons. The van der Waals surface area contributed by atoms with E-state index in [1.165, 1.54) is 31.6 Å². The van der Waals surface area contributed by atoms with E-state index in [1.807, 2.05) is 0 Å². The maximum Gasteiger partial charge on any atom is 0.573 e. The Balaban J connectivity index is 2.45. The Morgan fingerprint density at radius 1 is 1.19 bits per heavy atom. The number of hydrogen-bond donors (Lipinski definition) is 1. The van der Waals surface area contributed by atoms with Crippen molar-refractivity contribution in [2.24, 2.45) is 0 Å². The van der Waals surface area contributed by atoms with Crippen LogP contribution in [-0.4, -0.2) is 30.5 Å². The van der Waals surface area contributed by atoms with Crippen LogP contribution in [0.2, 0.25) is 0 Å². The number of nitrogens with zero attached hydrogens (tertiary/aromatic N) is 2. The summed E-state index contributed by atoms with van der Waals surface area (Å²) in [6, 6.07) is 5.49. The van der Waals surface area contributed by atoms with Gasteiger partial charge in [0, 0.05) is 12.6 Å². The standard InChI is InChI=1S/C13H12F3N3O2/c1-17-12-11(20-2)10(18-7-19-12)8-4-3-5-9(6-8)21-13(14,15)16/h3-7H,1-2H3,(H,17,18,19). The van der Waals surface area contributed by atoms with Gasteiger partial charge in [0.05, 0.1) is 7.11 Å². The molecule has 0 fully saturated rings. The largest absolute Gasteiger partial charge is 0.573 e. The molecule has 1 heterocycles. The van der Waals surface area contributed by atoms with E-state index in [4.69, 9.17) is 4.74 Å². The lowest BCUT2D eigenvalue weighted by Gasteiger charge is -2.13. The Bertz CT molecular complexity index is 632. The van der Waals surface area contributed by atoms with Crippen LogP contribution in [0.3, 0.4) is 0 Å². The molecule has 0 aliphatic heterocycles. The molecule has 8 heteroatoms. The minimum atomic E-state index is -4.75. The number of hydrogen-bond acceptors (Lipinski definition) is 5. The zero-order valence-electron chi connectivity index (χ0n) is 11.2. The Morgan fingerprint density at radius 2 is 1.95 bits per heavy atom. The molecule has 1 aromatic heterocycles. The predicted molar refractivity (Wildman–Crippen MR) is 70.2 cm³/mol. The number of nitrogens with one attached hydrogen (secondary N) is 1. The van der Waals surface area contributed by atoms with E-state index in [1.54, 1.807) is 13.1 Å². The maximum atomic E-state index is 12.3. The lowest BCUT2D eigenvalue weighted by Crippen LogP contribution is -2.17. The van der Waals surface area contributed by atoms with Crippen molar-refractivity contribution in [3.63, 3.8) is 0 Å². The van der Waals surface area contributed by atoms with Crippen molar-refractivity contribution in [3.8, 4) is 22.8 Å². The number of halogens is 3. The number of alkyl halides is 3. The molecule has 2 rings (SSSR count). The zero-order valence-corrected chi connectivity index (χ0v) is 11.2. The van der Waals surface area contributed by atoms with Crippen LogP contribution in [0.1, 0.15) is 0 Å². The molecule has 0 saturated heterocycles. The van der Waals surface area contributed by atoms with Crippen LogP contribution in [0.5, 0.6) is 11.5 Å². The van der Waals surface area contributed by atoms with Gasteiger partial charge >= 0.3 is 6.36 Å². The van der Waals surface area contributed by atoms with Crippen molar-refractivity contribution in [1.29, 1.82) is 0 Å². The molecule has 112 valence electrons. The molecule has 0 spiro atoms. The molecular weight excluding hydrogens is 287 g/mol. The Hall–Kier alpha value is -2.51. The van der Waals surface area contributed by atoms with E-state index >= 15 is 0 Å². The van der Waals surface area contributed by atoms with Crippen molar-refractivity contribution in [2.75, 3.05) is 19.5 Å². The van der Waals surface area contributed by atoms with Gasteiger partial charge in [-0.05, 0) is 12.1 Å². The average Bonchev–Trinajstić information content (AvgIpc) is 2.44. The number of methoxy groups -OCH3 is 1. The average molecular weight is 299 g/mol. The number of rotatable bonds is 4. The molecule has 0 atom stereocenters. The highest BCUT2D eigenvalue weighted by molar-refractivity contribution is 5.73. The van der Waals surface area contributed by atoms with Crippen LogP contribution in [0.15, 0.2) is 30.6 Å². The quantitative estimate of drug-likeness (QED) is 0.940. The van der Waals surface area contributed by atoms with Crippen molar-refractivity contribution >= 4 is 5.82 Å². The maximum absolute atomic E-state index is 12.3. The first-order valence-corrected chi connectivity index (χ1v) is 5.87. The van der Waals surface area contributed by atoms with E-state index in [9.17, 15) is 13.2 Å². The summed E-state index contributed by atoms with van der Waals surface area (Å²) < 4.78 is 45.9. The summed E-state index contributed by atoms with van der Waals surface area (Å²) in [7, 11) is 3.08. The van der Waals surface area contributed by atoms with E-state index in [2.05, 4.69) is 20.0 Å². The van der Waals surface area contributed by atoms with Gasteiger partial charge in [-0.1, -0.05) is 12.1 Å². The summed E-state index contributed by atoms with van der Waals surface area (Å²) in [5.41, 5.74) is 0.789. The van der Waals surface area contributed by atoms with Gasteiger partial charge in [-0.2, -0.15) is 0 Å². The highest BCUT2D eigenvalue weighted by atomic mass is 19.4. The van der Waals surface area contributed by atoms with Gasteiger partial charge in [0.1, 0.15) is 17.8 Å². The monoisotopic (exact) mass is 299 g/mol.